The van der Waals surface area contributed by atoms with Gasteiger partial charge in [0.05, 0.1) is 11.4 Å². The van der Waals surface area contributed by atoms with Crippen molar-refractivity contribution < 1.29 is 0 Å². The monoisotopic (exact) mass is 471 g/mol. The van der Waals surface area contributed by atoms with Crippen LogP contribution >= 0.6 is 0 Å². The Kier molecular flexibility index (Phi) is 5.19. The Balaban J connectivity index is 1.64. The highest BCUT2D eigenvalue weighted by atomic mass is 15.1. The summed E-state index contributed by atoms with van der Waals surface area (Å²) in [5, 5.41) is 7.41. The number of nitrogens with zero attached hydrogens (tertiary/aromatic N) is 1. The molecule has 0 atom stereocenters. The molecule has 0 aliphatic carbocycles. The second-order valence-corrected chi connectivity index (χ2v) is 9.38. The molecule has 0 radical (unpaired) electrons. The van der Waals surface area contributed by atoms with E-state index in [-0.39, 0.29) is 0 Å². The second-order valence-electron chi connectivity index (χ2n) is 9.38. The maximum absolute atomic E-state index is 2.45. The van der Waals surface area contributed by atoms with Gasteiger partial charge in [-0.3, -0.25) is 0 Å². The Morgan fingerprint density at radius 2 is 0.865 bits per heavy atom. The van der Waals surface area contributed by atoms with Crippen LogP contribution in [0.1, 0.15) is 0 Å². The normalized spacial score (nSPS) is 11.2. The van der Waals surface area contributed by atoms with Crippen molar-refractivity contribution in [3.05, 3.63) is 152 Å². The van der Waals surface area contributed by atoms with Crippen molar-refractivity contribution in [1.29, 1.82) is 0 Å². The van der Waals surface area contributed by atoms with Crippen LogP contribution in [0.5, 0.6) is 0 Å². The van der Waals surface area contributed by atoms with E-state index in [4.69, 9.17) is 0 Å². The summed E-state index contributed by atoms with van der Waals surface area (Å²) in [4.78, 5) is 2.45. The first kappa shape index (κ1) is 21.4. The highest BCUT2D eigenvalue weighted by Gasteiger charge is 2.22. The third-order valence-corrected chi connectivity index (χ3v) is 7.23. The lowest BCUT2D eigenvalue weighted by molar-refractivity contribution is 1.31. The number of hydrogen-bond donors (Lipinski definition) is 0. The second kappa shape index (κ2) is 8.96. The Bertz CT molecular complexity index is 1870. The summed E-state index contributed by atoms with van der Waals surface area (Å²) in [7, 11) is 0. The quantitative estimate of drug-likeness (QED) is 0.247. The third kappa shape index (κ3) is 3.64. The molecule has 37 heavy (non-hydrogen) atoms. The molecule has 0 amide bonds. The first-order valence-electron chi connectivity index (χ1n) is 12.7. The number of fused-ring (bicyclic) bond motifs is 3. The molecule has 174 valence electrons. The van der Waals surface area contributed by atoms with Gasteiger partial charge in [-0.15, -0.1) is 0 Å². The number of benzene rings is 7. The third-order valence-electron chi connectivity index (χ3n) is 7.23. The van der Waals surface area contributed by atoms with E-state index in [1.165, 1.54) is 54.8 Å². The van der Waals surface area contributed by atoms with Gasteiger partial charge in [0, 0.05) is 22.0 Å². The van der Waals surface area contributed by atoms with Gasteiger partial charge in [-0.25, -0.2) is 0 Å². The molecule has 7 aromatic rings. The minimum Gasteiger partial charge on any atom is -0.309 e. The molecule has 0 saturated carbocycles. The molecule has 0 unspecified atom stereocenters. The Hall–Kier alpha value is -4.88. The molecule has 1 heteroatoms. The van der Waals surface area contributed by atoms with E-state index in [1.807, 2.05) is 0 Å². The summed E-state index contributed by atoms with van der Waals surface area (Å²) >= 11 is 0. The zero-order chi connectivity index (χ0) is 24.6. The lowest BCUT2D eigenvalue weighted by Gasteiger charge is -2.30. The molecule has 7 rings (SSSR count). The van der Waals surface area contributed by atoms with Crippen molar-refractivity contribution in [2.75, 3.05) is 4.90 Å². The van der Waals surface area contributed by atoms with Crippen LogP contribution in [0.3, 0.4) is 0 Å². The molecule has 0 N–H and O–H groups in total. The van der Waals surface area contributed by atoms with Crippen molar-refractivity contribution >= 4 is 49.4 Å². The van der Waals surface area contributed by atoms with Crippen molar-refractivity contribution in [3.63, 3.8) is 0 Å². The topological polar surface area (TPSA) is 3.24 Å². The maximum Gasteiger partial charge on any atom is 0.0618 e. The van der Waals surface area contributed by atoms with E-state index in [1.54, 1.807) is 0 Å². The molecule has 0 fully saturated rings. The van der Waals surface area contributed by atoms with Gasteiger partial charge in [0.15, 0.2) is 0 Å². The highest BCUT2D eigenvalue weighted by molar-refractivity contribution is 6.12. The number of para-hydroxylation sites is 1. The molecule has 1 nitrogen and oxygen atoms in total. The van der Waals surface area contributed by atoms with Crippen LogP contribution in [0.4, 0.5) is 17.1 Å². The molecule has 0 aliphatic heterocycles. The Morgan fingerprint density at radius 3 is 1.62 bits per heavy atom. The number of anilines is 3. The van der Waals surface area contributed by atoms with Crippen molar-refractivity contribution in [2.24, 2.45) is 0 Å². The van der Waals surface area contributed by atoms with Crippen LogP contribution in [-0.2, 0) is 0 Å². The van der Waals surface area contributed by atoms with Crippen molar-refractivity contribution in [2.45, 2.75) is 0 Å². The summed E-state index contributed by atoms with van der Waals surface area (Å²) in [5.74, 6) is 0. The molecule has 7 aromatic carbocycles. The number of hydrogen-bond acceptors (Lipinski definition) is 1. The van der Waals surface area contributed by atoms with Crippen LogP contribution in [0.25, 0.3) is 43.4 Å². The fourth-order valence-electron chi connectivity index (χ4n) is 5.54. The zero-order valence-corrected chi connectivity index (χ0v) is 20.4. The van der Waals surface area contributed by atoms with Gasteiger partial charge in [0.1, 0.15) is 0 Å². The van der Waals surface area contributed by atoms with Crippen molar-refractivity contribution in [1.82, 2.24) is 0 Å². The summed E-state index contributed by atoms with van der Waals surface area (Å²) in [5.41, 5.74) is 5.95. The molecular formula is C36H25N. The fourth-order valence-corrected chi connectivity index (χ4v) is 5.54. The van der Waals surface area contributed by atoms with Crippen LogP contribution in [-0.4, -0.2) is 0 Å². The molecule has 0 aliphatic rings. The molecule has 0 spiro atoms. The lowest BCUT2D eigenvalue weighted by atomic mass is 9.93. The van der Waals surface area contributed by atoms with Gasteiger partial charge in [0.2, 0.25) is 0 Å². The Labute approximate surface area is 216 Å². The van der Waals surface area contributed by atoms with Crippen LogP contribution in [0.2, 0.25) is 0 Å². The largest absolute Gasteiger partial charge is 0.309 e. The predicted molar refractivity (Wildman–Crippen MR) is 159 cm³/mol. The molecule has 0 aromatic heterocycles. The van der Waals surface area contributed by atoms with Crippen molar-refractivity contribution in [3.8, 4) is 11.1 Å². The van der Waals surface area contributed by atoms with Crippen LogP contribution < -0.4 is 4.90 Å². The fraction of sp³-hybridized carbons (Fsp3) is 0. The van der Waals surface area contributed by atoms with Gasteiger partial charge in [-0.1, -0.05) is 133 Å². The molecular weight excluding hydrogens is 446 g/mol. The first-order chi connectivity index (χ1) is 18.4. The minimum atomic E-state index is 1.14. The van der Waals surface area contributed by atoms with E-state index >= 15 is 0 Å². The van der Waals surface area contributed by atoms with E-state index < -0.39 is 0 Å². The average Bonchev–Trinajstić information content (AvgIpc) is 2.98. The Morgan fingerprint density at radius 1 is 0.324 bits per heavy atom. The maximum atomic E-state index is 2.45. The lowest BCUT2D eigenvalue weighted by Crippen LogP contribution is -2.12. The molecule has 0 saturated heterocycles. The van der Waals surface area contributed by atoms with E-state index in [0.717, 1.165) is 5.69 Å². The summed E-state index contributed by atoms with van der Waals surface area (Å²) in [6, 6.07) is 54.5. The van der Waals surface area contributed by atoms with Crippen LogP contribution in [0.15, 0.2) is 152 Å². The SMILES string of the molecule is c1ccc(N(c2cccc3ccccc23)c2c(-c3cccc4ccccc34)ccc3ccccc23)cc1. The van der Waals surface area contributed by atoms with Gasteiger partial charge in [-0.05, 0) is 45.3 Å². The van der Waals surface area contributed by atoms with E-state index in [2.05, 4.69) is 157 Å². The van der Waals surface area contributed by atoms with Gasteiger partial charge >= 0.3 is 0 Å². The van der Waals surface area contributed by atoms with E-state index in [0.29, 0.717) is 0 Å². The van der Waals surface area contributed by atoms with Gasteiger partial charge in [-0.2, -0.15) is 0 Å². The average molecular weight is 472 g/mol. The standard InChI is InChI=1S/C36H25N/c1-2-17-29(18-3-1)37(35-23-11-16-27-13-5-8-20-31(27)35)36-32-21-9-6-14-28(32)24-25-34(36)33-22-10-15-26-12-4-7-19-30(26)33/h1-25H. The number of rotatable bonds is 4. The zero-order valence-electron chi connectivity index (χ0n) is 20.4. The van der Waals surface area contributed by atoms with Gasteiger partial charge in [0.25, 0.3) is 0 Å². The molecule has 0 bridgehead atoms. The predicted octanol–water partition coefficient (Wildman–Crippen LogP) is 10.3. The summed E-state index contributed by atoms with van der Waals surface area (Å²) in [6.45, 7) is 0. The summed E-state index contributed by atoms with van der Waals surface area (Å²) < 4.78 is 0. The summed E-state index contributed by atoms with van der Waals surface area (Å²) in [6.07, 6.45) is 0. The van der Waals surface area contributed by atoms with Crippen LogP contribution in [0, 0.1) is 0 Å². The highest BCUT2D eigenvalue weighted by Crippen LogP contribution is 2.47. The minimum absolute atomic E-state index is 1.14. The first-order valence-corrected chi connectivity index (χ1v) is 12.7. The molecule has 0 heterocycles. The van der Waals surface area contributed by atoms with Gasteiger partial charge < -0.3 is 4.90 Å². The smallest absolute Gasteiger partial charge is 0.0618 e. The van der Waals surface area contributed by atoms with E-state index in [9.17, 15) is 0 Å².